The average Bonchev–Trinajstić information content (AvgIpc) is 2.25. The first-order chi connectivity index (χ1) is 7.24. The van der Waals surface area contributed by atoms with Crippen molar-refractivity contribution in [3.63, 3.8) is 0 Å². The van der Waals surface area contributed by atoms with E-state index < -0.39 is 0 Å². The summed E-state index contributed by atoms with van der Waals surface area (Å²) >= 11 is 5.86. The molecule has 15 heavy (non-hydrogen) atoms. The maximum absolute atomic E-state index is 5.86. The van der Waals surface area contributed by atoms with Gasteiger partial charge in [-0.15, -0.1) is 0 Å². The molecule has 0 aliphatic carbocycles. The van der Waals surface area contributed by atoms with Crippen LogP contribution in [-0.2, 0) is 0 Å². The third-order valence-corrected chi connectivity index (χ3v) is 2.77. The largest absolute Gasteiger partial charge is 0.384 e. The molecule has 2 aliphatic heterocycles. The zero-order valence-electron chi connectivity index (χ0n) is 8.76. The van der Waals surface area contributed by atoms with Gasteiger partial charge in [-0.05, 0) is 30.8 Å². The predicted octanol–water partition coefficient (Wildman–Crippen LogP) is 2.42. The Bertz CT molecular complexity index is 364. The van der Waals surface area contributed by atoms with Gasteiger partial charge in [-0.1, -0.05) is 23.8 Å². The van der Waals surface area contributed by atoms with Crippen LogP contribution >= 0.6 is 11.6 Å². The first-order valence-corrected chi connectivity index (χ1v) is 5.52. The predicted molar refractivity (Wildman–Crippen MR) is 64.5 cm³/mol. The number of rotatable bonds is 2. The fourth-order valence-corrected chi connectivity index (χ4v) is 1.75. The molecule has 2 rings (SSSR count). The molecule has 2 aliphatic rings. The zero-order chi connectivity index (χ0) is 10.7. The SMILES string of the molecule is CC1=CNC(CC2=CC=C(Cl)CN2)C=C1. The van der Waals surface area contributed by atoms with E-state index in [4.69, 9.17) is 11.6 Å². The molecule has 1 atom stereocenters. The van der Waals surface area contributed by atoms with Gasteiger partial charge in [0.25, 0.3) is 0 Å². The quantitative estimate of drug-likeness (QED) is 0.750. The van der Waals surface area contributed by atoms with Crippen LogP contribution < -0.4 is 10.6 Å². The summed E-state index contributed by atoms with van der Waals surface area (Å²) in [5, 5.41) is 7.50. The van der Waals surface area contributed by atoms with E-state index in [9.17, 15) is 0 Å². The number of nitrogens with one attached hydrogen (secondary N) is 2. The molecular weight excluding hydrogens is 208 g/mol. The van der Waals surface area contributed by atoms with Crippen molar-refractivity contribution < 1.29 is 0 Å². The number of dihydropyridines is 2. The Morgan fingerprint density at radius 1 is 1.47 bits per heavy atom. The maximum Gasteiger partial charge on any atom is 0.0504 e. The van der Waals surface area contributed by atoms with Crippen molar-refractivity contribution in [2.45, 2.75) is 19.4 Å². The molecule has 0 aromatic heterocycles. The molecule has 80 valence electrons. The van der Waals surface area contributed by atoms with Crippen molar-refractivity contribution in [2.24, 2.45) is 0 Å². The third-order valence-electron chi connectivity index (χ3n) is 2.51. The topological polar surface area (TPSA) is 24.1 Å². The van der Waals surface area contributed by atoms with Crippen LogP contribution in [-0.4, -0.2) is 12.6 Å². The van der Waals surface area contributed by atoms with E-state index in [1.807, 2.05) is 12.2 Å². The van der Waals surface area contributed by atoms with E-state index in [1.165, 1.54) is 11.3 Å². The van der Waals surface area contributed by atoms with Crippen LogP contribution in [0.15, 0.2) is 46.8 Å². The maximum atomic E-state index is 5.86. The molecule has 0 fully saturated rings. The van der Waals surface area contributed by atoms with Crippen LogP contribution in [0.5, 0.6) is 0 Å². The summed E-state index contributed by atoms with van der Waals surface area (Å²) in [6, 6.07) is 0.387. The van der Waals surface area contributed by atoms with E-state index in [0.717, 1.165) is 18.0 Å². The van der Waals surface area contributed by atoms with Gasteiger partial charge in [-0.3, -0.25) is 0 Å². The lowest BCUT2D eigenvalue weighted by molar-refractivity contribution is 0.645. The molecule has 0 saturated heterocycles. The van der Waals surface area contributed by atoms with E-state index in [1.54, 1.807) is 0 Å². The highest BCUT2D eigenvalue weighted by atomic mass is 35.5. The summed E-state index contributed by atoms with van der Waals surface area (Å²) in [7, 11) is 0. The smallest absolute Gasteiger partial charge is 0.0504 e. The Balaban J connectivity index is 1.91. The first kappa shape index (κ1) is 10.4. The lowest BCUT2D eigenvalue weighted by Crippen LogP contribution is -2.29. The van der Waals surface area contributed by atoms with E-state index in [0.29, 0.717) is 6.04 Å². The normalized spacial score (nSPS) is 24.7. The first-order valence-electron chi connectivity index (χ1n) is 5.14. The molecule has 1 unspecified atom stereocenters. The summed E-state index contributed by atoms with van der Waals surface area (Å²) in [6.07, 6.45) is 11.4. The van der Waals surface area contributed by atoms with Crippen LogP contribution in [0, 0.1) is 0 Å². The lowest BCUT2D eigenvalue weighted by atomic mass is 10.1. The summed E-state index contributed by atoms with van der Waals surface area (Å²) in [5.41, 5.74) is 2.49. The van der Waals surface area contributed by atoms with E-state index >= 15 is 0 Å². The summed E-state index contributed by atoms with van der Waals surface area (Å²) in [5.74, 6) is 0. The van der Waals surface area contributed by atoms with Crippen molar-refractivity contribution in [3.8, 4) is 0 Å². The second kappa shape index (κ2) is 4.58. The molecule has 0 radical (unpaired) electrons. The van der Waals surface area contributed by atoms with Crippen LogP contribution in [0.4, 0.5) is 0 Å². The fraction of sp³-hybridized carbons (Fsp3) is 0.333. The second-order valence-corrected chi connectivity index (χ2v) is 4.37. The molecular formula is C12H15ClN2. The second-order valence-electron chi connectivity index (χ2n) is 3.88. The molecule has 0 saturated carbocycles. The Morgan fingerprint density at radius 2 is 2.33 bits per heavy atom. The van der Waals surface area contributed by atoms with Gasteiger partial charge >= 0.3 is 0 Å². The highest BCUT2D eigenvalue weighted by Gasteiger charge is 2.10. The number of halogens is 1. The van der Waals surface area contributed by atoms with Crippen molar-refractivity contribution in [3.05, 3.63) is 46.8 Å². The van der Waals surface area contributed by atoms with Gasteiger partial charge in [0.05, 0.1) is 6.54 Å². The van der Waals surface area contributed by atoms with E-state index in [2.05, 4.69) is 35.9 Å². The van der Waals surface area contributed by atoms with Gasteiger partial charge in [0.2, 0.25) is 0 Å². The van der Waals surface area contributed by atoms with Gasteiger partial charge in [0, 0.05) is 23.2 Å². The van der Waals surface area contributed by atoms with E-state index in [-0.39, 0.29) is 0 Å². The molecule has 2 nitrogen and oxygen atoms in total. The number of hydrogen-bond acceptors (Lipinski definition) is 2. The van der Waals surface area contributed by atoms with Crippen molar-refractivity contribution in [1.29, 1.82) is 0 Å². The standard InChI is InChI=1S/C12H15ClN2/c1-9-2-4-11(14-7-9)6-12-5-3-10(13)8-15-12/h2-5,7,11,14-15H,6,8H2,1H3. The van der Waals surface area contributed by atoms with Crippen LogP contribution in [0.3, 0.4) is 0 Å². The molecule has 2 heterocycles. The van der Waals surface area contributed by atoms with Gasteiger partial charge in [-0.25, -0.2) is 0 Å². The Morgan fingerprint density at radius 3 is 2.93 bits per heavy atom. The number of hydrogen-bond donors (Lipinski definition) is 2. The minimum Gasteiger partial charge on any atom is -0.384 e. The van der Waals surface area contributed by atoms with Crippen molar-refractivity contribution in [1.82, 2.24) is 10.6 Å². The Labute approximate surface area is 95.4 Å². The van der Waals surface area contributed by atoms with Crippen LogP contribution in [0.2, 0.25) is 0 Å². The van der Waals surface area contributed by atoms with Crippen LogP contribution in [0.25, 0.3) is 0 Å². The van der Waals surface area contributed by atoms with Gasteiger partial charge < -0.3 is 10.6 Å². The molecule has 0 amide bonds. The average molecular weight is 223 g/mol. The summed E-state index contributed by atoms with van der Waals surface area (Å²) in [6.45, 7) is 2.83. The van der Waals surface area contributed by atoms with Crippen molar-refractivity contribution >= 4 is 11.6 Å². The fourth-order valence-electron chi connectivity index (χ4n) is 1.62. The third kappa shape index (κ3) is 2.90. The highest BCUT2D eigenvalue weighted by molar-refractivity contribution is 6.30. The highest BCUT2D eigenvalue weighted by Crippen LogP contribution is 2.14. The monoisotopic (exact) mass is 222 g/mol. The van der Waals surface area contributed by atoms with Gasteiger partial charge in [0.1, 0.15) is 0 Å². The van der Waals surface area contributed by atoms with Crippen molar-refractivity contribution in [2.75, 3.05) is 6.54 Å². The van der Waals surface area contributed by atoms with Gasteiger partial charge in [-0.2, -0.15) is 0 Å². The molecule has 0 spiro atoms. The molecule has 3 heteroatoms. The summed E-state index contributed by atoms with van der Waals surface area (Å²) in [4.78, 5) is 0. The summed E-state index contributed by atoms with van der Waals surface area (Å²) < 4.78 is 0. The zero-order valence-corrected chi connectivity index (χ0v) is 9.51. The molecule has 0 aromatic carbocycles. The minimum atomic E-state index is 0.387. The Kier molecular flexibility index (Phi) is 3.17. The van der Waals surface area contributed by atoms with Crippen LogP contribution in [0.1, 0.15) is 13.3 Å². The molecule has 0 bridgehead atoms. The Hall–Kier alpha value is -1.15. The minimum absolute atomic E-state index is 0.387. The number of allylic oxidation sites excluding steroid dienone is 4. The molecule has 0 aromatic rings. The van der Waals surface area contributed by atoms with Gasteiger partial charge in [0.15, 0.2) is 0 Å². The molecule has 2 N–H and O–H groups in total. The lowest BCUT2D eigenvalue weighted by Gasteiger charge is -2.21.